The summed E-state index contributed by atoms with van der Waals surface area (Å²) in [6, 6.07) is 10.5. The Labute approximate surface area is 172 Å². The van der Waals surface area contributed by atoms with E-state index in [2.05, 4.69) is 37.7 Å². The Morgan fingerprint density at radius 3 is 2.67 bits per heavy atom. The zero-order valence-corrected chi connectivity index (χ0v) is 16.7. The molecule has 8 heteroatoms. The maximum atomic E-state index is 14.3. The Morgan fingerprint density at radius 2 is 1.90 bits per heavy atom. The molecule has 1 fully saturated rings. The zero-order chi connectivity index (χ0) is 20.8. The van der Waals surface area contributed by atoms with Crippen molar-refractivity contribution in [1.29, 1.82) is 0 Å². The predicted molar refractivity (Wildman–Crippen MR) is 118 cm³/mol. The van der Waals surface area contributed by atoms with Crippen LogP contribution in [0.15, 0.2) is 41.2 Å². The lowest BCUT2D eigenvalue weighted by Crippen LogP contribution is -2.46. The predicted octanol–water partition coefficient (Wildman–Crippen LogP) is 2.93. The lowest BCUT2D eigenvalue weighted by molar-refractivity contribution is 0.271. The van der Waals surface area contributed by atoms with Crippen molar-refractivity contribution < 1.29 is 4.39 Å². The number of halogens is 1. The first kappa shape index (κ1) is 18.6. The Morgan fingerprint density at radius 1 is 1.10 bits per heavy atom. The lowest BCUT2D eigenvalue weighted by atomic mass is 10.1. The summed E-state index contributed by atoms with van der Waals surface area (Å²) in [7, 11) is 0. The van der Waals surface area contributed by atoms with Crippen molar-refractivity contribution in [2.45, 2.75) is 6.92 Å². The van der Waals surface area contributed by atoms with Crippen molar-refractivity contribution in [3.63, 3.8) is 0 Å². The van der Waals surface area contributed by atoms with Gasteiger partial charge in [0.05, 0.1) is 27.6 Å². The number of nitrogens with zero attached hydrogens (tertiary/aromatic N) is 3. The first-order valence-corrected chi connectivity index (χ1v) is 10.1. The standard InChI is InChI=1S/C22H23FN6O/c1-2-28-8-10-29(11-9-28)13-6-7-15-17(12-13)26-21(25-15)19-20(24)18-14(23)4-3-5-16(18)27-22(19)30/h3-7,12H,2,8-11H2,1H3,(H,25,26)(H3,24,27,30). The van der Waals surface area contributed by atoms with Crippen molar-refractivity contribution in [2.75, 3.05) is 43.4 Å². The van der Waals surface area contributed by atoms with Gasteiger partial charge in [-0.05, 0) is 36.9 Å². The van der Waals surface area contributed by atoms with Crippen LogP contribution in [-0.4, -0.2) is 52.6 Å². The summed E-state index contributed by atoms with van der Waals surface area (Å²) in [6.45, 7) is 7.25. The van der Waals surface area contributed by atoms with Gasteiger partial charge < -0.3 is 25.5 Å². The normalized spacial score (nSPS) is 15.3. The van der Waals surface area contributed by atoms with Crippen LogP contribution in [0.2, 0.25) is 0 Å². The van der Waals surface area contributed by atoms with E-state index in [1.807, 2.05) is 12.1 Å². The number of nitrogen functional groups attached to an aromatic ring is 1. The summed E-state index contributed by atoms with van der Waals surface area (Å²) in [6.07, 6.45) is 0. The second-order valence-electron chi connectivity index (χ2n) is 7.61. The first-order valence-electron chi connectivity index (χ1n) is 10.1. The number of benzene rings is 2. The highest BCUT2D eigenvalue weighted by molar-refractivity contribution is 5.98. The molecule has 4 aromatic rings. The maximum Gasteiger partial charge on any atom is 0.261 e. The fourth-order valence-electron chi connectivity index (χ4n) is 4.20. The van der Waals surface area contributed by atoms with Crippen LogP contribution in [0.5, 0.6) is 0 Å². The Hall–Kier alpha value is -3.39. The molecule has 2 aromatic carbocycles. The summed E-state index contributed by atoms with van der Waals surface area (Å²) >= 11 is 0. The molecule has 0 aliphatic carbocycles. The minimum Gasteiger partial charge on any atom is -0.397 e. The lowest BCUT2D eigenvalue weighted by Gasteiger charge is -2.35. The minimum atomic E-state index is -0.480. The second-order valence-corrected chi connectivity index (χ2v) is 7.61. The van der Waals surface area contributed by atoms with E-state index in [4.69, 9.17) is 5.73 Å². The Kier molecular flexibility index (Phi) is 4.43. The van der Waals surface area contributed by atoms with E-state index in [0.717, 1.165) is 49.4 Å². The molecule has 0 unspecified atom stereocenters. The summed E-state index contributed by atoms with van der Waals surface area (Å²) < 4.78 is 14.3. The Balaban J connectivity index is 1.56. The molecule has 5 rings (SSSR count). The number of nitrogens with one attached hydrogen (secondary N) is 2. The van der Waals surface area contributed by atoms with E-state index in [1.165, 1.54) is 12.1 Å². The van der Waals surface area contributed by atoms with Crippen molar-refractivity contribution in [1.82, 2.24) is 19.9 Å². The van der Waals surface area contributed by atoms with Crippen LogP contribution in [0.1, 0.15) is 6.92 Å². The number of fused-ring (bicyclic) bond motifs is 2. The molecule has 154 valence electrons. The van der Waals surface area contributed by atoms with Gasteiger partial charge in [-0.1, -0.05) is 13.0 Å². The number of likely N-dealkylation sites (N-methyl/N-ethyl adjacent to an activating group) is 1. The van der Waals surface area contributed by atoms with Crippen LogP contribution in [0.4, 0.5) is 15.8 Å². The van der Waals surface area contributed by atoms with Gasteiger partial charge >= 0.3 is 0 Å². The number of aromatic nitrogens is 3. The topological polar surface area (TPSA) is 94.0 Å². The molecule has 1 aliphatic rings. The van der Waals surface area contributed by atoms with Gasteiger partial charge in [-0.25, -0.2) is 9.37 Å². The molecule has 0 spiro atoms. The summed E-state index contributed by atoms with van der Waals surface area (Å²) in [4.78, 5) is 27.9. The van der Waals surface area contributed by atoms with Crippen LogP contribution in [0.3, 0.4) is 0 Å². The summed E-state index contributed by atoms with van der Waals surface area (Å²) in [5.41, 5.74) is 9.06. The van der Waals surface area contributed by atoms with E-state index in [0.29, 0.717) is 11.3 Å². The number of aromatic amines is 2. The number of hydrogen-bond donors (Lipinski definition) is 3. The quantitative estimate of drug-likeness (QED) is 0.486. The van der Waals surface area contributed by atoms with Gasteiger partial charge in [0, 0.05) is 31.9 Å². The van der Waals surface area contributed by atoms with E-state index in [1.54, 1.807) is 6.07 Å². The van der Waals surface area contributed by atoms with Gasteiger partial charge in [0.15, 0.2) is 0 Å². The van der Waals surface area contributed by atoms with Gasteiger partial charge in [-0.15, -0.1) is 0 Å². The molecule has 30 heavy (non-hydrogen) atoms. The average Bonchev–Trinajstić information content (AvgIpc) is 3.16. The summed E-state index contributed by atoms with van der Waals surface area (Å²) in [5.74, 6) is -0.144. The Bertz CT molecular complexity index is 1300. The molecule has 1 aliphatic heterocycles. The number of hydrogen-bond acceptors (Lipinski definition) is 5. The van der Waals surface area contributed by atoms with Gasteiger partial charge in [0.25, 0.3) is 5.56 Å². The van der Waals surface area contributed by atoms with Crippen molar-refractivity contribution in [3.05, 3.63) is 52.6 Å². The minimum absolute atomic E-state index is 0.0850. The molecule has 1 saturated heterocycles. The fourth-order valence-corrected chi connectivity index (χ4v) is 4.20. The highest BCUT2D eigenvalue weighted by Gasteiger charge is 2.19. The SMILES string of the molecule is CCN1CCN(c2ccc3[nH]c(-c4c(N)c5c(F)cccc5[nH]c4=O)nc3c2)CC1. The molecule has 0 radical (unpaired) electrons. The number of H-pyrrole nitrogens is 2. The van der Waals surface area contributed by atoms with Crippen LogP contribution < -0.4 is 16.2 Å². The molecule has 0 saturated carbocycles. The average molecular weight is 406 g/mol. The summed E-state index contributed by atoms with van der Waals surface area (Å²) in [5, 5.41) is 0.196. The largest absolute Gasteiger partial charge is 0.397 e. The third-order valence-electron chi connectivity index (χ3n) is 5.92. The van der Waals surface area contributed by atoms with Gasteiger partial charge in [0.1, 0.15) is 17.2 Å². The van der Waals surface area contributed by atoms with Crippen LogP contribution in [0, 0.1) is 5.82 Å². The first-order chi connectivity index (χ1) is 14.5. The van der Waals surface area contributed by atoms with Crippen LogP contribution in [-0.2, 0) is 0 Å². The molecule has 4 N–H and O–H groups in total. The molecule has 2 aromatic heterocycles. The zero-order valence-electron chi connectivity index (χ0n) is 16.7. The fraction of sp³-hybridized carbons (Fsp3) is 0.273. The van der Waals surface area contributed by atoms with Crippen molar-refractivity contribution in [3.8, 4) is 11.4 Å². The van der Waals surface area contributed by atoms with E-state index >= 15 is 0 Å². The number of anilines is 2. The molecule has 3 heterocycles. The smallest absolute Gasteiger partial charge is 0.261 e. The molecule has 0 atom stereocenters. The van der Waals surface area contributed by atoms with E-state index in [-0.39, 0.29) is 16.6 Å². The van der Waals surface area contributed by atoms with Gasteiger partial charge in [-0.3, -0.25) is 4.79 Å². The maximum absolute atomic E-state index is 14.3. The molecular formula is C22H23FN6O. The van der Waals surface area contributed by atoms with Crippen molar-refractivity contribution >= 4 is 33.3 Å². The number of imidazole rings is 1. The van der Waals surface area contributed by atoms with Gasteiger partial charge in [-0.2, -0.15) is 0 Å². The van der Waals surface area contributed by atoms with E-state index in [9.17, 15) is 9.18 Å². The molecule has 7 nitrogen and oxygen atoms in total. The second kappa shape index (κ2) is 7.14. The third kappa shape index (κ3) is 3.00. The number of rotatable bonds is 3. The third-order valence-corrected chi connectivity index (χ3v) is 5.92. The van der Waals surface area contributed by atoms with E-state index < -0.39 is 11.4 Å². The number of nitrogens with two attached hydrogens (primary N) is 1. The molecular weight excluding hydrogens is 383 g/mol. The van der Waals surface area contributed by atoms with Gasteiger partial charge in [0.2, 0.25) is 0 Å². The van der Waals surface area contributed by atoms with Crippen LogP contribution in [0.25, 0.3) is 33.3 Å². The van der Waals surface area contributed by atoms with Crippen molar-refractivity contribution in [2.24, 2.45) is 0 Å². The molecule has 0 amide bonds. The monoisotopic (exact) mass is 406 g/mol. The number of piperazine rings is 1. The van der Waals surface area contributed by atoms with Crippen LogP contribution >= 0.6 is 0 Å². The highest BCUT2D eigenvalue weighted by atomic mass is 19.1. The molecule has 0 bridgehead atoms. The number of pyridine rings is 1. The highest BCUT2D eigenvalue weighted by Crippen LogP contribution is 2.30.